The van der Waals surface area contributed by atoms with Gasteiger partial charge in [-0.3, -0.25) is 0 Å². The Morgan fingerprint density at radius 2 is 1.83 bits per heavy atom. The molecule has 18 heavy (non-hydrogen) atoms. The van der Waals surface area contributed by atoms with Crippen LogP contribution in [0.5, 0.6) is 0 Å². The Hall–Kier alpha value is -0.220. The topological polar surface area (TPSA) is 19.4 Å². The molecule has 1 aromatic heterocycles. The molecule has 1 atom stereocenters. The van der Waals surface area contributed by atoms with Gasteiger partial charge in [0, 0.05) is 19.1 Å². The predicted molar refractivity (Wildman–Crippen MR) is 80.3 cm³/mol. The summed E-state index contributed by atoms with van der Waals surface area (Å²) in [5.41, 5.74) is 0. The molecule has 0 aliphatic carbocycles. The van der Waals surface area contributed by atoms with Gasteiger partial charge in [-0.05, 0) is 34.0 Å². The van der Waals surface area contributed by atoms with E-state index in [2.05, 4.69) is 28.6 Å². The van der Waals surface area contributed by atoms with Crippen LogP contribution in [0, 0.1) is 0 Å². The van der Waals surface area contributed by atoms with Gasteiger partial charge < -0.3 is 9.80 Å². The number of anilines is 1. The average molecular weight is 311 g/mol. The van der Waals surface area contributed by atoms with Crippen molar-refractivity contribution in [2.75, 3.05) is 32.1 Å². The van der Waals surface area contributed by atoms with Gasteiger partial charge in [-0.1, -0.05) is 34.8 Å². The van der Waals surface area contributed by atoms with Crippen LogP contribution in [-0.4, -0.2) is 43.1 Å². The molecular weight excluding hydrogens is 293 g/mol. The molecule has 0 amide bonds. The molecular formula is C12H18Cl3N3. The Kier molecular flexibility index (Phi) is 5.99. The lowest BCUT2D eigenvalue weighted by atomic mass is 10.2. The number of hydrogen-bond acceptors (Lipinski definition) is 3. The van der Waals surface area contributed by atoms with Crippen molar-refractivity contribution >= 4 is 40.6 Å². The maximum Gasteiger partial charge on any atom is 0.150 e. The fourth-order valence-corrected chi connectivity index (χ4v) is 2.54. The first-order chi connectivity index (χ1) is 8.36. The Morgan fingerprint density at radius 1 is 1.22 bits per heavy atom. The van der Waals surface area contributed by atoms with Gasteiger partial charge >= 0.3 is 0 Å². The SMILES string of the molecule is CCN(c1nc(Cl)c(Cl)cc1Cl)C(C)CN(C)C. The van der Waals surface area contributed by atoms with Gasteiger partial charge in [0.15, 0.2) is 0 Å². The average Bonchev–Trinajstić information content (AvgIpc) is 2.25. The summed E-state index contributed by atoms with van der Waals surface area (Å²) < 4.78 is 0. The number of halogens is 3. The van der Waals surface area contributed by atoms with E-state index in [-0.39, 0.29) is 11.2 Å². The first kappa shape index (κ1) is 15.8. The Morgan fingerprint density at radius 3 is 2.33 bits per heavy atom. The van der Waals surface area contributed by atoms with Gasteiger partial charge in [-0.2, -0.15) is 0 Å². The maximum atomic E-state index is 6.19. The van der Waals surface area contributed by atoms with Gasteiger partial charge in [0.05, 0.1) is 10.0 Å². The Balaban J connectivity index is 3.05. The second kappa shape index (κ2) is 6.80. The van der Waals surface area contributed by atoms with Crippen LogP contribution < -0.4 is 4.90 Å². The molecule has 0 saturated carbocycles. The summed E-state index contributed by atoms with van der Waals surface area (Å²) in [4.78, 5) is 8.52. The molecule has 0 aliphatic heterocycles. The zero-order valence-electron chi connectivity index (χ0n) is 11.0. The zero-order valence-corrected chi connectivity index (χ0v) is 13.3. The van der Waals surface area contributed by atoms with Crippen molar-refractivity contribution in [3.63, 3.8) is 0 Å². The molecule has 1 aromatic rings. The molecule has 0 aromatic carbocycles. The minimum absolute atomic E-state index is 0.284. The summed E-state index contributed by atoms with van der Waals surface area (Å²) in [5.74, 6) is 0.683. The minimum Gasteiger partial charge on any atom is -0.352 e. The van der Waals surface area contributed by atoms with Crippen molar-refractivity contribution in [2.45, 2.75) is 19.9 Å². The Bertz CT molecular complexity index is 410. The molecule has 102 valence electrons. The fraction of sp³-hybridized carbons (Fsp3) is 0.583. The lowest BCUT2D eigenvalue weighted by molar-refractivity contribution is 0.372. The molecule has 3 nitrogen and oxygen atoms in total. The van der Waals surface area contributed by atoms with Gasteiger partial charge in [0.25, 0.3) is 0 Å². The number of rotatable bonds is 5. The minimum atomic E-state index is 0.284. The second-order valence-electron chi connectivity index (χ2n) is 4.46. The van der Waals surface area contributed by atoms with Gasteiger partial charge in [-0.15, -0.1) is 0 Å². The van der Waals surface area contributed by atoms with Crippen LogP contribution in [0.4, 0.5) is 5.82 Å². The van der Waals surface area contributed by atoms with E-state index < -0.39 is 0 Å². The van der Waals surface area contributed by atoms with Crippen molar-refractivity contribution in [3.8, 4) is 0 Å². The zero-order chi connectivity index (χ0) is 13.9. The van der Waals surface area contributed by atoms with Crippen LogP contribution >= 0.6 is 34.8 Å². The molecule has 1 unspecified atom stereocenters. The van der Waals surface area contributed by atoms with E-state index >= 15 is 0 Å². The van der Waals surface area contributed by atoms with E-state index in [0.717, 1.165) is 13.1 Å². The van der Waals surface area contributed by atoms with E-state index in [0.29, 0.717) is 15.9 Å². The number of likely N-dealkylation sites (N-methyl/N-ethyl adjacent to an activating group) is 2. The lowest BCUT2D eigenvalue weighted by Gasteiger charge is -2.31. The molecule has 0 N–H and O–H groups in total. The standard InChI is InChI=1S/C12H18Cl3N3/c1-5-18(8(2)7-17(3)4)12-10(14)6-9(13)11(15)16-12/h6,8H,5,7H2,1-4H3. The van der Waals surface area contributed by atoms with Crippen molar-refractivity contribution in [3.05, 3.63) is 21.3 Å². The van der Waals surface area contributed by atoms with E-state index in [1.54, 1.807) is 6.07 Å². The highest BCUT2D eigenvalue weighted by Crippen LogP contribution is 2.32. The van der Waals surface area contributed by atoms with Crippen molar-refractivity contribution < 1.29 is 0 Å². The molecule has 0 bridgehead atoms. The summed E-state index contributed by atoms with van der Waals surface area (Å²) in [6.07, 6.45) is 0. The summed E-state index contributed by atoms with van der Waals surface area (Å²) in [5, 5.41) is 1.19. The third-order valence-corrected chi connectivity index (χ3v) is 3.59. The van der Waals surface area contributed by atoms with Crippen LogP contribution in [0.25, 0.3) is 0 Å². The highest BCUT2D eigenvalue weighted by atomic mass is 35.5. The summed E-state index contributed by atoms with van der Waals surface area (Å²) >= 11 is 18.0. The van der Waals surface area contributed by atoms with Crippen LogP contribution in [0.15, 0.2) is 6.07 Å². The number of nitrogens with zero attached hydrogens (tertiary/aromatic N) is 3. The third kappa shape index (κ3) is 3.89. The van der Waals surface area contributed by atoms with Gasteiger partial charge in [0.1, 0.15) is 11.0 Å². The molecule has 0 fully saturated rings. The molecule has 0 saturated heterocycles. The maximum absolute atomic E-state index is 6.19. The van der Waals surface area contributed by atoms with Crippen LogP contribution in [-0.2, 0) is 0 Å². The smallest absolute Gasteiger partial charge is 0.150 e. The lowest BCUT2D eigenvalue weighted by Crippen LogP contribution is -2.40. The summed E-state index contributed by atoms with van der Waals surface area (Å²) in [6, 6.07) is 1.92. The van der Waals surface area contributed by atoms with Crippen molar-refractivity contribution in [1.29, 1.82) is 0 Å². The number of aromatic nitrogens is 1. The third-order valence-electron chi connectivity index (χ3n) is 2.64. The molecule has 0 spiro atoms. The quantitative estimate of drug-likeness (QED) is 0.771. The highest BCUT2D eigenvalue weighted by molar-refractivity contribution is 6.42. The number of pyridine rings is 1. The van der Waals surface area contributed by atoms with Crippen LogP contribution in [0.2, 0.25) is 15.2 Å². The van der Waals surface area contributed by atoms with Crippen molar-refractivity contribution in [1.82, 2.24) is 9.88 Å². The van der Waals surface area contributed by atoms with E-state index in [9.17, 15) is 0 Å². The van der Waals surface area contributed by atoms with E-state index in [4.69, 9.17) is 34.8 Å². The van der Waals surface area contributed by atoms with E-state index in [1.165, 1.54) is 0 Å². The molecule has 1 heterocycles. The monoisotopic (exact) mass is 309 g/mol. The fourth-order valence-electron chi connectivity index (χ4n) is 1.93. The first-order valence-electron chi connectivity index (χ1n) is 5.79. The van der Waals surface area contributed by atoms with Crippen LogP contribution in [0.3, 0.4) is 0 Å². The van der Waals surface area contributed by atoms with E-state index in [1.807, 2.05) is 14.1 Å². The second-order valence-corrected chi connectivity index (χ2v) is 5.64. The molecule has 6 heteroatoms. The highest BCUT2D eigenvalue weighted by Gasteiger charge is 2.19. The summed E-state index contributed by atoms with van der Waals surface area (Å²) in [6.45, 7) is 5.91. The summed E-state index contributed by atoms with van der Waals surface area (Å²) in [7, 11) is 4.07. The van der Waals surface area contributed by atoms with Gasteiger partial charge in [-0.25, -0.2) is 4.98 Å². The molecule has 0 radical (unpaired) electrons. The van der Waals surface area contributed by atoms with Crippen LogP contribution in [0.1, 0.15) is 13.8 Å². The molecule has 1 rings (SSSR count). The normalized spacial score (nSPS) is 12.9. The molecule has 0 aliphatic rings. The predicted octanol–water partition coefficient (Wildman–Crippen LogP) is 3.82. The van der Waals surface area contributed by atoms with Crippen molar-refractivity contribution in [2.24, 2.45) is 0 Å². The Labute approximate surface area is 124 Å². The largest absolute Gasteiger partial charge is 0.352 e. The number of hydrogen-bond donors (Lipinski definition) is 0. The van der Waals surface area contributed by atoms with Gasteiger partial charge in [0.2, 0.25) is 0 Å². The first-order valence-corrected chi connectivity index (χ1v) is 6.93.